The van der Waals surface area contributed by atoms with Crippen LogP contribution in [0.1, 0.15) is 22.8 Å². The molecule has 0 N–H and O–H groups in total. The van der Waals surface area contributed by atoms with Crippen molar-refractivity contribution in [2.45, 2.75) is 13.5 Å². The molecule has 132 valence electrons. The Morgan fingerprint density at radius 1 is 1.24 bits per heavy atom. The molecular weight excluding hydrogens is 350 g/mol. The number of methoxy groups -OCH3 is 1. The first kappa shape index (κ1) is 18.5. The average Bonchev–Trinajstić information content (AvgIpc) is 2.59. The first-order chi connectivity index (χ1) is 12.0. The second-order valence-corrected chi connectivity index (χ2v) is 5.35. The predicted molar refractivity (Wildman–Crippen MR) is 91.4 cm³/mol. The van der Waals surface area contributed by atoms with Gasteiger partial charge in [0.1, 0.15) is 12.2 Å². The molecule has 7 nitrogen and oxygen atoms in total. The van der Waals surface area contributed by atoms with Gasteiger partial charge in [-0.15, -0.1) is 0 Å². The molecule has 0 saturated heterocycles. The molecule has 0 bridgehead atoms. The van der Waals surface area contributed by atoms with E-state index in [0.29, 0.717) is 17.2 Å². The first-order valence-corrected chi connectivity index (χ1v) is 7.74. The quantitative estimate of drug-likeness (QED) is 0.418. The molecule has 25 heavy (non-hydrogen) atoms. The number of hydrogen-bond acceptors (Lipinski definition) is 6. The van der Waals surface area contributed by atoms with Crippen molar-refractivity contribution in [2.75, 3.05) is 13.7 Å². The Kier molecular flexibility index (Phi) is 6.19. The summed E-state index contributed by atoms with van der Waals surface area (Å²) in [5, 5.41) is 11.8. The number of hydrogen-bond donors (Lipinski definition) is 0. The van der Waals surface area contributed by atoms with Crippen LogP contribution in [0.3, 0.4) is 0 Å². The number of halogens is 1. The van der Waals surface area contributed by atoms with Gasteiger partial charge in [0.05, 0.1) is 24.7 Å². The highest BCUT2D eigenvalue weighted by Crippen LogP contribution is 2.35. The summed E-state index contributed by atoms with van der Waals surface area (Å²) >= 11 is 5.87. The van der Waals surface area contributed by atoms with Gasteiger partial charge in [0.15, 0.2) is 11.5 Å². The lowest BCUT2D eigenvalue weighted by Crippen LogP contribution is -2.09. The van der Waals surface area contributed by atoms with Crippen molar-refractivity contribution in [2.24, 2.45) is 0 Å². The standard InChI is InChI=1S/C17H16ClNO6/c1-3-24-16-8-13(14(19(21)22)9-15(16)23-2)17(20)25-10-11-5-4-6-12(18)7-11/h4-9H,3,10H2,1-2H3. The largest absolute Gasteiger partial charge is 0.493 e. The van der Waals surface area contributed by atoms with E-state index < -0.39 is 16.6 Å². The van der Waals surface area contributed by atoms with Crippen LogP contribution in [0.5, 0.6) is 11.5 Å². The summed E-state index contributed by atoms with van der Waals surface area (Å²) < 4.78 is 15.6. The number of nitro benzene ring substituents is 1. The fourth-order valence-electron chi connectivity index (χ4n) is 2.14. The minimum Gasteiger partial charge on any atom is -0.493 e. The summed E-state index contributed by atoms with van der Waals surface area (Å²) in [6.45, 7) is 2.00. The summed E-state index contributed by atoms with van der Waals surface area (Å²) in [7, 11) is 1.36. The Bertz CT molecular complexity index is 793. The molecule has 0 aliphatic rings. The van der Waals surface area contributed by atoms with E-state index in [1.165, 1.54) is 13.2 Å². The third-order valence-corrected chi connectivity index (χ3v) is 3.49. The van der Waals surface area contributed by atoms with Crippen LogP contribution in [0.2, 0.25) is 5.02 Å². The zero-order valence-electron chi connectivity index (χ0n) is 13.7. The molecule has 0 spiro atoms. The van der Waals surface area contributed by atoms with Gasteiger partial charge < -0.3 is 14.2 Å². The fraction of sp³-hybridized carbons (Fsp3) is 0.235. The Balaban J connectivity index is 2.30. The molecule has 0 amide bonds. The summed E-state index contributed by atoms with van der Waals surface area (Å²) in [6.07, 6.45) is 0. The van der Waals surface area contributed by atoms with Crippen LogP contribution in [-0.4, -0.2) is 24.6 Å². The van der Waals surface area contributed by atoms with E-state index in [4.69, 9.17) is 25.8 Å². The van der Waals surface area contributed by atoms with Gasteiger partial charge >= 0.3 is 5.97 Å². The van der Waals surface area contributed by atoms with Gasteiger partial charge in [0, 0.05) is 11.1 Å². The van der Waals surface area contributed by atoms with Crippen molar-refractivity contribution in [3.05, 3.63) is 62.7 Å². The number of rotatable bonds is 7. The topological polar surface area (TPSA) is 87.9 Å². The van der Waals surface area contributed by atoms with Gasteiger partial charge in [0.2, 0.25) is 0 Å². The summed E-state index contributed by atoms with van der Waals surface area (Å²) in [6, 6.07) is 9.17. The van der Waals surface area contributed by atoms with E-state index in [2.05, 4.69) is 0 Å². The van der Waals surface area contributed by atoms with Gasteiger partial charge in [0.25, 0.3) is 5.69 Å². The number of carbonyl (C=O) groups excluding carboxylic acids is 1. The Hall–Kier alpha value is -2.80. The van der Waals surface area contributed by atoms with Gasteiger partial charge in [-0.05, 0) is 24.6 Å². The molecule has 0 unspecified atom stereocenters. The van der Waals surface area contributed by atoms with Gasteiger partial charge in [-0.3, -0.25) is 10.1 Å². The Labute approximate surface area is 149 Å². The number of esters is 1. The molecule has 0 heterocycles. The molecule has 0 saturated carbocycles. The second-order valence-electron chi connectivity index (χ2n) is 4.92. The Morgan fingerprint density at radius 2 is 2.00 bits per heavy atom. The van der Waals surface area contributed by atoms with Crippen molar-refractivity contribution in [1.29, 1.82) is 0 Å². The zero-order valence-corrected chi connectivity index (χ0v) is 14.4. The third kappa shape index (κ3) is 4.60. The average molecular weight is 366 g/mol. The van der Waals surface area contributed by atoms with E-state index in [9.17, 15) is 14.9 Å². The minimum absolute atomic E-state index is 0.0630. The normalized spacial score (nSPS) is 10.2. The summed E-state index contributed by atoms with van der Waals surface area (Å²) in [4.78, 5) is 22.9. The van der Waals surface area contributed by atoms with Crippen LogP contribution in [0, 0.1) is 10.1 Å². The number of carbonyl (C=O) groups is 1. The maximum absolute atomic E-state index is 12.3. The lowest BCUT2D eigenvalue weighted by atomic mass is 10.1. The monoisotopic (exact) mass is 365 g/mol. The first-order valence-electron chi connectivity index (χ1n) is 7.37. The molecule has 2 aromatic carbocycles. The van der Waals surface area contributed by atoms with E-state index in [-0.39, 0.29) is 23.7 Å². The smallest absolute Gasteiger partial charge is 0.345 e. The SMILES string of the molecule is CCOc1cc(C(=O)OCc2cccc(Cl)c2)c([N+](=O)[O-])cc1OC. The van der Waals surface area contributed by atoms with Gasteiger partial charge in [-0.2, -0.15) is 0 Å². The van der Waals surface area contributed by atoms with Crippen molar-refractivity contribution in [1.82, 2.24) is 0 Å². The second kappa shape index (κ2) is 8.34. The molecule has 0 aliphatic carbocycles. The summed E-state index contributed by atoms with van der Waals surface area (Å²) in [5.74, 6) is -0.444. The minimum atomic E-state index is -0.838. The molecule has 8 heteroatoms. The van der Waals surface area contributed by atoms with Crippen LogP contribution in [0.25, 0.3) is 0 Å². The van der Waals surface area contributed by atoms with Crippen molar-refractivity contribution < 1.29 is 23.9 Å². The molecule has 0 radical (unpaired) electrons. The highest BCUT2D eigenvalue weighted by molar-refractivity contribution is 6.30. The lowest BCUT2D eigenvalue weighted by Gasteiger charge is -2.12. The predicted octanol–water partition coefficient (Wildman–Crippen LogP) is 4.01. The maximum Gasteiger partial charge on any atom is 0.345 e. The van der Waals surface area contributed by atoms with Crippen LogP contribution < -0.4 is 9.47 Å². The number of benzene rings is 2. The van der Waals surface area contributed by atoms with Gasteiger partial charge in [-0.1, -0.05) is 23.7 Å². The molecule has 0 atom stereocenters. The molecule has 0 aliphatic heterocycles. The molecular formula is C17H16ClNO6. The van der Waals surface area contributed by atoms with Crippen molar-refractivity contribution in [3.63, 3.8) is 0 Å². The van der Waals surface area contributed by atoms with Crippen LogP contribution in [0.15, 0.2) is 36.4 Å². The van der Waals surface area contributed by atoms with E-state index >= 15 is 0 Å². The Morgan fingerprint density at radius 3 is 2.60 bits per heavy atom. The van der Waals surface area contributed by atoms with Crippen LogP contribution in [-0.2, 0) is 11.3 Å². The number of nitrogens with zero attached hydrogens (tertiary/aromatic N) is 1. The molecule has 0 fully saturated rings. The molecule has 0 aromatic heterocycles. The molecule has 2 rings (SSSR count). The van der Waals surface area contributed by atoms with Crippen LogP contribution >= 0.6 is 11.6 Å². The van der Waals surface area contributed by atoms with Crippen molar-refractivity contribution >= 4 is 23.3 Å². The number of nitro groups is 1. The zero-order chi connectivity index (χ0) is 18.4. The summed E-state index contributed by atoms with van der Waals surface area (Å²) in [5.41, 5.74) is 0.0368. The third-order valence-electron chi connectivity index (χ3n) is 3.26. The molecule has 2 aromatic rings. The van der Waals surface area contributed by atoms with Gasteiger partial charge in [-0.25, -0.2) is 4.79 Å². The number of ether oxygens (including phenoxy) is 3. The maximum atomic E-state index is 12.3. The fourth-order valence-corrected chi connectivity index (χ4v) is 2.36. The van der Waals surface area contributed by atoms with E-state index in [0.717, 1.165) is 6.07 Å². The van der Waals surface area contributed by atoms with E-state index in [1.807, 2.05) is 0 Å². The highest BCUT2D eigenvalue weighted by Gasteiger charge is 2.25. The highest BCUT2D eigenvalue weighted by atomic mass is 35.5. The van der Waals surface area contributed by atoms with E-state index in [1.54, 1.807) is 31.2 Å². The van der Waals surface area contributed by atoms with Crippen LogP contribution in [0.4, 0.5) is 5.69 Å². The lowest BCUT2D eigenvalue weighted by molar-refractivity contribution is -0.385. The van der Waals surface area contributed by atoms with Crippen molar-refractivity contribution in [3.8, 4) is 11.5 Å².